The Labute approximate surface area is 178 Å². The van der Waals surface area contributed by atoms with E-state index in [0.29, 0.717) is 29.4 Å². The van der Waals surface area contributed by atoms with E-state index >= 15 is 0 Å². The summed E-state index contributed by atoms with van der Waals surface area (Å²) in [5.74, 6) is -0.767. The molecule has 1 atom stereocenters. The summed E-state index contributed by atoms with van der Waals surface area (Å²) in [7, 11) is 0. The van der Waals surface area contributed by atoms with Crippen molar-refractivity contribution in [2.24, 2.45) is 0 Å². The van der Waals surface area contributed by atoms with Crippen LogP contribution in [0, 0.1) is 0 Å². The first-order valence-electron chi connectivity index (χ1n) is 8.84. The van der Waals surface area contributed by atoms with Gasteiger partial charge in [-0.25, -0.2) is 4.79 Å². The molecule has 1 fully saturated rings. The zero-order valence-corrected chi connectivity index (χ0v) is 18.0. The highest BCUT2D eigenvalue weighted by Gasteiger charge is 2.52. The van der Waals surface area contributed by atoms with Crippen molar-refractivity contribution in [1.82, 2.24) is 10.2 Å². The molecule has 2 aromatic rings. The molecule has 4 rings (SSSR count). The standard InChI is InChI=1S/C20H17Br2N3O3/c21-14-5-6-16(15(22)9-14)23-17(26)11-25-18(27)20(24-19(25)28)8-7-12-3-1-2-4-13(12)10-20/h1-6,9H,7-8,10-11H2,(H,23,26)(H,24,28). The number of nitrogens with one attached hydrogen (secondary N) is 2. The van der Waals surface area contributed by atoms with Crippen LogP contribution in [-0.2, 0) is 22.4 Å². The third-order valence-electron chi connectivity index (χ3n) is 5.18. The van der Waals surface area contributed by atoms with Gasteiger partial charge < -0.3 is 10.6 Å². The Kier molecular flexibility index (Phi) is 5.01. The summed E-state index contributed by atoms with van der Waals surface area (Å²) in [4.78, 5) is 39.0. The van der Waals surface area contributed by atoms with E-state index in [-0.39, 0.29) is 12.5 Å². The van der Waals surface area contributed by atoms with Crippen LogP contribution in [0.1, 0.15) is 17.5 Å². The summed E-state index contributed by atoms with van der Waals surface area (Å²) in [5, 5.41) is 5.57. The topological polar surface area (TPSA) is 78.5 Å². The predicted molar refractivity (Wildman–Crippen MR) is 112 cm³/mol. The molecule has 0 saturated carbocycles. The van der Waals surface area contributed by atoms with Crippen molar-refractivity contribution in [3.05, 3.63) is 62.5 Å². The molecule has 8 heteroatoms. The fraction of sp³-hybridized carbons (Fsp3) is 0.250. The van der Waals surface area contributed by atoms with Gasteiger partial charge in [0.15, 0.2) is 0 Å². The molecule has 1 aliphatic heterocycles. The van der Waals surface area contributed by atoms with Gasteiger partial charge in [-0.05, 0) is 58.1 Å². The third kappa shape index (κ3) is 3.46. The zero-order chi connectivity index (χ0) is 19.9. The minimum absolute atomic E-state index is 0.323. The van der Waals surface area contributed by atoms with Crippen LogP contribution >= 0.6 is 31.9 Å². The Hall–Kier alpha value is -2.19. The zero-order valence-electron chi connectivity index (χ0n) is 14.8. The van der Waals surface area contributed by atoms with Gasteiger partial charge >= 0.3 is 6.03 Å². The smallest absolute Gasteiger partial charge is 0.323 e. The summed E-state index contributed by atoms with van der Waals surface area (Å²) < 4.78 is 1.57. The van der Waals surface area contributed by atoms with Gasteiger partial charge in [0.25, 0.3) is 5.91 Å². The largest absolute Gasteiger partial charge is 0.325 e. The average Bonchev–Trinajstić information content (AvgIpc) is 2.88. The highest BCUT2D eigenvalue weighted by molar-refractivity contribution is 9.11. The number of carbonyl (C=O) groups is 3. The number of aryl methyl sites for hydroxylation is 1. The Morgan fingerprint density at radius 1 is 1.14 bits per heavy atom. The van der Waals surface area contributed by atoms with Gasteiger partial charge in [0, 0.05) is 15.4 Å². The Bertz CT molecular complexity index is 994. The number of rotatable bonds is 3. The van der Waals surface area contributed by atoms with Crippen LogP contribution in [0.15, 0.2) is 51.4 Å². The van der Waals surface area contributed by atoms with Crippen molar-refractivity contribution in [2.45, 2.75) is 24.8 Å². The van der Waals surface area contributed by atoms with Crippen LogP contribution < -0.4 is 10.6 Å². The second-order valence-corrected chi connectivity index (χ2v) is 8.79. The SMILES string of the molecule is O=C(CN1C(=O)NC2(CCc3ccccc3C2)C1=O)Nc1ccc(Br)cc1Br. The lowest BCUT2D eigenvalue weighted by Crippen LogP contribution is -2.51. The van der Waals surface area contributed by atoms with Crippen LogP contribution in [0.2, 0.25) is 0 Å². The molecular formula is C20H17Br2N3O3. The average molecular weight is 507 g/mol. The lowest BCUT2D eigenvalue weighted by atomic mass is 9.78. The number of fused-ring (bicyclic) bond motifs is 1. The van der Waals surface area contributed by atoms with E-state index < -0.39 is 17.5 Å². The lowest BCUT2D eigenvalue weighted by Gasteiger charge is -2.32. The van der Waals surface area contributed by atoms with E-state index in [4.69, 9.17) is 0 Å². The van der Waals surface area contributed by atoms with Crippen molar-refractivity contribution in [3.63, 3.8) is 0 Å². The van der Waals surface area contributed by atoms with Gasteiger partial charge in [0.1, 0.15) is 12.1 Å². The van der Waals surface area contributed by atoms with Gasteiger partial charge in [-0.1, -0.05) is 40.2 Å². The number of nitrogens with zero attached hydrogens (tertiary/aromatic N) is 1. The molecule has 2 aromatic carbocycles. The van der Waals surface area contributed by atoms with Gasteiger partial charge in [-0.2, -0.15) is 0 Å². The second-order valence-electron chi connectivity index (χ2n) is 7.02. The minimum atomic E-state index is -0.954. The number of benzene rings is 2. The highest BCUT2D eigenvalue weighted by atomic mass is 79.9. The fourth-order valence-electron chi connectivity index (χ4n) is 3.77. The molecule has 4 amide bonds. The number of hydrogen-bond donors (Lipinski definition) is 2. The summed E-state index contributed by atoms with van der Waals surface area (Å²) >= 11 is 6.73. The molecule has 2 aliphatic rings. The molecule has 6 nitrogen and oxygen atoms in total. The van der Waals surface area contributed by atoms with Crippen LogP contribution in [0.25, 0.3) is 0 Å². The van der Waals surface area contributed by atoms with Crippen LogP contribution in [-0.4, -0.2) is 34.8 Å². The molecule has 0 radical (unpaired) electrons. The van der Waals surface area contributed by atoms with Gasteiger partial charge in [-0.15, -0.1) is 0 Å². The Balaban J connectivity index is 1.48. The molecule has 0 aromatic heterocycles. The van der Waals surface area contributed by atoms with E-state index in [1.54, 1.807) is 18.2 Å². The first kappa shape index (κ1) is 19.1. The quantitative estimate of drug-likeness (QED) is 0.624. The predicted octanol–water partition coefficient (Wildman–Crippen LogP) is 3.63. The molecule has 0 bridgehead atoms. The molecule has 1 heterocycles. The third-order valence-corrected chi connectivity index (χ3v) is 6.33. The number of hydrogen-bond acceptors (Lipinski definition) is 3. The maximum Gasteiger partial charge on any atom is 0.325 e. The van der Waals surface area contributed by atoms with Crippen molar-refractivity contribution >= 4 is 55.4 Å². The molecule has 28 heavy (non-hydrogen) atoms. The fourth-order valence-corrected chi connectivity index (χ4v) is 4.91. The molecule has 1 aliphatic carbocycles. The molecule has 1 unspecified atom stereocenters. The maximum atomic E-state index is 13.0. The molecule has 2 N–H and O–H groups in total. The summed E-state index contributed by atoms with van der Waals surface area (Å²) in [5.41, 5.74) is 1.88. The van der Waals surface area contributed by atoms with Crippen LogP contribution in [0.5, 0.6) is 0 Å². The Morgan fingerprint density at radius 3 is 2.64 bits per heavy atom. The normalized spacial score (nSPS) is 20.9. The van der Waals surface area contributed by atoms with E-state index in [1.165, 1.54) is 5.56 Å². The van der Waals surface area contributed by atoms with Crippen molar-refractivity contribution in [2.75, 3.05) is 11.9 Å². The van der Waals surface area contributed by atoms with Crippen molar-refractivity contribution < 1.29 is 14.4 Å². The molecule has 144 valence electrons. The number of carbonyl (C=O) groups excluding carboxylic acids is 3. The first-order valence-corrected chi connectivity index (χ1v) is 10.4. The van der Waals surface area contributed by atoms with Gasteiger partial charge in [-0.3, -0.25) is 14.5 Å². The number of halogens is 2. The van der Waals surface area contributed by atoms with Crippen molar-refractivity contribution in [1.29, 1.82) is 0 Å². The second kappa shape index (κ2) is 7.33. The van der Waals surface area contributed by atoms with E-state index in [2.05, 4.69) is 42.5 Å². The van der Waals surface area contributed by atoms with Crippen molar-refractivity contribution in [3.8, 4) is 0 Å². The highest BCUT2D eigenvalue weighted by Crippen LogP contribution is 2.33. The molecule has 1 saturated heterocycles. The monoisotopic (exact) mass is 505 g/mol. The molecule has 1 spiro atoms. The van der Waals surface area contributed by atoms with E-state index in [9.17, 15) is 14.4 Å². The minimum Gasteiger partial charge on any atom is -0.323 e. The summed E-state index contributed by atoms with van der Waals surface area (Å²) in [6.07, 6.45) is 1.70. The number of urea groups is 1. The Morgan fingerprint density at radius 2 is 1.89 bits per heavy atom. The van der Waals surface area contributed by atoms with Gasteiger partial charge in [0.05, 0.1) is 5.69 Å². The molecular weight excluding hydrogens is 490 g/mol. The van der Waals surface area contributed by atoms with Crippen LogP contribution in [0.4, 0.5) is 10.5 Å². The van der Waals surface area contributed by atoms with Crippen LogP contribution in [0.3, 0.4) is 0 Å². The van der Waals surface area contributed by atoms with E-state index in [1.807, 2.05) is 24.3 Å². The number of amides is 4. The van der Waals surface area contributed by atoms with Gasteiger partial charge in [0.2, 0.25) is 5.91 Å². The number of anilines is 1. The summed E-state index contributed by atoms with van der Waals surface area (Å²) in [6, 6.07) is 12.7. The maximum absolute atomic E-state index is 13.0. The number of imide groups is 1. The first-order chi connectivity index (χ1) is 13.4. The van der Waals surface area contributed by atoms with E-state index in [0.717, 1.165) is 14.9 Å². The lowest BCUT2D eigenvalue weighted by molar-refractivity contribution is -0.134. The summed E-state index contributed by atoms with van der Waals surface area (Å²) in [6.45, 7) is -0.323.